The Morgan fingerprint density at radius 1 is 1.06 bits per heavy atom. The summed E-state index contributed by atoms with van der Waals surface area (Å²) in [4.78, 5) is 14.0. The Morgan fingerprint density at radius 2 is 1.76 bits per heavy atom. The highest BCUT2D eigenvalue weighted by Crippen LogP contribution is 2.15. The summed E-state index contributed by atoms with van der Waals surface area (Å²) in [6, 6.07) is 8.44. The van der Waals surface area contributed by atoms with Gasteiger partial charge in [0.25, 0.3) is 0 Å². The summed E-state index contributed by atoms with van der Waals surface area (Å²) >= 11 is 2.30. The first-order valence-corrected chi connectivity index (χ1v) is 7.36. The summed E-state index contributed by atoms with van der Waals surface area (Å²) in [6.07, 6.45) is 5.40. The molecule has 1 fully saturated rings. The zero-order valence-electron chi connectivity index (χ0n) is 9.99. The van der Waals surface area contributed by atoms with Crippen molar-refractivity contribution >= 4 is 28.5 Å². The first kappa shape index (κ1) is 12.9. The van der Waals surface area contributed by atoms with Crippen LogP contribution in [0.2, 0.25) is 0 Å². The lowest BCUT2D eigenvalue weighted by molar-refractivity contribution is -0.132. The summed E-state index contributed by atoms with van der Waals surface area (Å²) < 4.78 is 1.24. The maximum absolute atomic E-state index is 12.0. The number of benzene rings is 1. The van der Waals surface area contributed by atoms with Gasteiger partial charge in [-0.1, -0.05) is 25.0 Å². The van der Waals surface area contributed by atoms with Crippen LogP contribution in [-0.4, -0.2) is 17.4 Å². The van der Waals surface area contributed by atoms with Crippen LogP contribution in [0.3, 0.4) is 0 Å². The second kappa shape index (κ2) is 6.38. The van der Waals surface area contributed by atoms with Gasteiger partial charge in [-0.25, -0.2) is 0 Å². The fourth-order valence-corrected chi connectivity index (χ4v) is 2.55. The fraction of sp³-hybridized carbons (Fsp3) is 0.500. The highest BCUT2D eigenvalue weighted by Gasteiger charge is 2.15. The molecule has 0 N–H and O–H groups in total. The minimum atomic E-state index is 0.322. The molecule has 1 amide bonds. The van der Waals surface area contributed by atoms with Crippen LogP contribution in [0.25, 0.3) is 0 Å². The Balaban J connectivity index is 1.99. The van der Waals surface area contributed by atoms with Crippen LogP contribution in [0.1, 0.15) is 37.7 Å². The van der Waals surface area contributed by atoms with E-state index >= 15 is 0 Å². The quantitative estimate of drug-likeness (QED) is 0.752. The highest BCUT2D eigenvalue weighted by molar-refractivity contribution is 14.1. The molecule has 0 radical (unpaired) electrons. The largest absolute Gasteiger partial charge is 0.338 e. The molecule has 0 unspecified atom stereocenters. The molecule has 3 heteroatoms. The number of likely N-dealkylation sites (tertiary alicyclic amines) is 1. The van der Waals surface area contributed by atoms with Gasteiger partial charge in [0, 0.05) is 23.1 Å². The van der Waals surface area contributed by atoms with Crippen molar-refractivity contribution < 1.29 is 4.79 Å². The summed E-state index contributed by atoms with van der Waals surface area (Å²) in [6.45, 7) is 1.70. The third-order valence-electron chi connectivity index (χ3n) is 3.21. The monoisotopic (exact) mass is 343 g/mol. The zero-order chi connectivity index (χ0) is 12.1. The second-order valence-electron chi connectivity index (χ2n) is 4.61. The van der Waals surface area contributed by atoms with Crippen LogP contribution < -0.4 is 0 Å². The molecule has 2 rings (SSSR count). The summed E-state index contributed by atoms with van der Waals surface area (Å²) in [5.41, 5.74) is 1.24. The van der Waals surface area contributed by atoms with Gasteiger partial charge >= 0.3 is 0 Å². The van der Waals surface area contributed by atoms with Gasteiger partial charge in [-0.15, -0.1) is 0 Å². The van der Waals surface area contributed by atoms with Crippen LogP contribution in [0.5, 0.6) is 0 Å². The van der Waals surface area contributed by atoms with Gasteiger partial charge in [0.2, 0.25) is 5.91 Å². The molecular formula is C14H18INO. The molecule has 2 nitrogen and oxygen atoms in total. The molecule has 1 heterocycles. The SMILES string of the molecule is O=C1CCCCCCN1Cc1ccc(I)cc1. The topological polar surface area (TPSA) is 20.3 Å². The second-order valence-corrected chi connectivity index (χ2v) is 5.85. The first-order chi connectivity index (χ1) is 8.25. The lowest BCUT2D eigenvalue weighted by Gasteiger charge is -2.25. The van der Waals surface area contributed by atoms with E-state index in [1.807, 2.05) is 4.90 Å². The number of rotatable bonds is 2. The molecule has 0 bridgehead atoms. The Hall–Kier alpha value is -0.580. The predicted molar refractivity (Wildman–Crippen MR) is 77.7 cm³/mol. The Morgan fingerprint density at radius 3 is 2.53 bits per heavy atom. The molecule has 1 aromatic rings. The number of carbonyl (C=O) groups excluding carboxylic acids is 1. The normalized spacial score (nSPS) is 17.7. The lowest BCUT2D eigenvalue weighted by atomic mass is 10.1. The van der Waals surface area contributed by atoms with E-state index in [0.29, 0.717) is 5.91 Å². The zero-order valence-corrected chi connectivity index (χ0v) is 12.2. The number of carbonyl (C=O) groups is 1. The lowest BCUT2D eigenvalue weighted by Crippen LogP contribution is -2.32. The average molecular weight is 343 g/mol. The van der Waals surface area contributed by atoms with Gasteiger partial charge in [-0.2, -0.15) is 0 Å². The summed E-state index contributed by atoms with van der Waals surface area (Å²) in [7, 11) is 0. The number of hydrogen-bond acceptors (Lipinski definition) is 1. The van der Waals surface area contributed by atoms with Gasteiger partial charge in [-0.3, -0.25) is 4.79 Å². The molecule has 0 aliphatic carbocycles. The van der Waals surface area contributed by atoms with Crippen molar-refractivity contribution in [3.05, 3.63) is 33.4 Å². The maximum atomic E-state index is 12.0. The van der Waals surface area contributed by atoms with Gasteiger partial charge in [0.1, 0.15) is 0 Å². The van der Waals surface area contributed by atoms with Crippen molar-refractivity contribution in [1.82, 2.24) is 4.90 Å². The number of hydrogen-bond donors (Lipinski definition) is 0. The highest BCUT2D eigenvalue weighted by atomic mass is 127. The average Bonchev–Trinajstić information content (AvgIpc) is 2.31. The molecule has 1 saturated heterocycles. The molecule has 0 atom stereocenters. The Kier molecular flexibility index (Phi) is 4.83. The molecule has 0 saturated carbocycles. The Labute approximate surface area is 117 Å². The fourth-order valence-electron chi connectivity index (χ4n) is 2.19. The summed E-state index contributed by atoms with van der Waals surface area (Å²) in [5, 5.41) is 0. The third-order valence-corrected chi connectivity index (χ3v) is 3.93. The van der Waals surface area contributed by atoms with E-state index < -0.39 is 0 Å². The van der Waals surface area contributed by atoms with E-state index in [9.17, 15) is 4.79 Å². The molecule has 1 aromatic carbocycles. The van der Waals surface area contributed by atoms with E-state index in [-0.39, 0.29) is 0 Å². The number of halogens is 1. The van der Waals surface area contributed by atoms with Gasteiger partial charge < -0.3 is 4.90 Å². The molecular weight excluding hydrogens is 325 g/mol. The van der Waals surface area contributed by atoms with E-state index in [0.717, 1.165) is 32.4 Å². The molecule has 1 aliphatic heterocycles. The predicted octanol–water partition coefficient (Wildman–Crippen LogP) is 3.58. The minimum Gasteiger partial charge on any atom is -0.338 e. The van der Waals surface area contributed by atoms with Crippen LogP contribution in [0.15, 0.2) is 24.3 Å². The number of nitrogens with zero attached hydrogens (tertiary/aromatic N) is 1. The first-order valence-electron chi connectivity index (χ1n) is 6.28. The third kappa shape index (κ3) is 3.98. The van der Waals surface area contributed by atoms with Crippen molar-refractivity contribution in [3.8, 4) is 0 Å². The van der Waals surface area contributed by atoms with E-state index in [4.69, 9.17) is 0 Å². The standard InChI is InChI=1S/C14H18INO/c15-13-8-6-12(7-9-13)11-16-10-4-2-1-3-5-14(16)17/h6-9H,1-5,10-11H2. The van der Waals surface area contributed by atoms with Crippen molar-refractivity contribution in [3.63, 3.8) is 0 Å². The molecule has 92 valence electrons. The van der Waals surface area contributed by atoms with Gasteiger partial charge in [0.05, 0.1) is 0 Å². The maximum Gasteiger partial charge on any atom is 0.222 e. The Bertz CT molecular complexity index is 374. The molecule has 17 heavy (non-hydrogen) atoms. The molecule has 0 aromatic heterocycles. The van der Waals surface area contributed by atoms with Gasteiger partial charge in [-0.05, 0) is 53.1 Å². The molecule has 0 spiro atoms. The van der Waals surface area contributed by atoms with Gasteiger partial charge in [0.15, 0.2) is 0 Å². The van der Waals surface area contributed by atoms with Crippen molar-refractivity contribution in [2.75, 3.05) is 6.54 Å². The smallest absolute Gasteiger partial charge is 0.222 e. The van der Waals surface area contributed by atoms with Crippen LogP contribution in [-0.2, 0) is 11.3 Å². The van der Waals surface area contributed by atoms with Crippen LogP contribution in [0, 0.1) is 3.57 Å². The van der Waals surface area contributed by atoms with Crippen molar-refractivity contribution in [1.29, 1.82) is 0 Å². The minimum absolute atomic E-state index is 0.322. The molecule has 1 aliphatic rings. The van der Waals surface area contributed by atoms with E-state index in [2.05, 4.69) is 46.9 Å². The van der Waals surface area contributed by atoms with Crippen molar-refractivity contribution in [2.24, 2.45) is 0 Å². The number of amides is 1. The van der Waals surface area contributed by atoms with E-state index in [1.165, 1.54) is 22.0 Å². The summed E-state index contributed by atoms with van der Waals surface area (Å²) in [5.74, 6) is 0.322. The van der Waals surface area contributed by atoms with Crippen molar-refractivity contribution in [2.45, 2.75) is 38.6 Å². The van der Waals surface area contributed by atoms with Crippen LogP contribution in [0.4, 0.5) is 0 Å². The van der Waals surface area contributed by atoms with E-state index in [1.54, 1.807) is 0 Å². The van der Waals surface area contributed by atoms with Crippen LogP contribution >= 0.6 is 22.6 Å².